The molecule has 0 N–H and O–H groups in total. The Balaban J connectivity index is 1.36. The van der Waals surface area contributed by atoms with Crippen molar-refractivity contribution in [1.29, 1.82) is 0 Å². The Bertz CT molecular complexity index is 717. The lowest BCUT2D eigenvalue weighted by Gasteiger charge is -2.37. The number of allylic oxidation sites excluding steroid dienone is 1. The van der Waals surface area contributed by atoms with Crippen LogP contribution in [0.15, 0.2) is 24.3 Å². The third-order valence-electron chi connectivity index (χ3n) is 7.83. The Morgan fingerprint density at radius 3 is 2.00 bits per heavy atom. The van der Waals surface area contributed by atoms with Gasteiger partial charge in [0.05, 0.1) is 6.61 Å². The highest BCUT2D eigenvalue weighted by atomic mass is 19.2. The first-order valence-corrected chi connectivity index (χ1v) is 13.5. The number of hydrogen-bond donors (Lipinski definition) is 0. The smallest absolute Gasteiger partial charge is 0.204 e. The molecule has 2 saturated carbocycles. The predicted molar refractivity (Wildman–Crippen MR) is 132 cm³/mol. The van der Waals surface area contributed by atoms with Crippen LogP contribution in [0.2, 0.25) is 0 Å². The normalized spacial score (nSPS) is 25.9. The van der Waals surface area contributed by atoms with Crippen LogP contribution in [0.4, 0.5) is 8.78 Å². The average molecular weight is 463 g/mol. The minimum absolute atomic E-state index is 0.0397. The molecule has 0 saturated heterocycles. The van der Waals surface area contributed by atoms with Crippen LogP contribution in [0.25, 0.3) is 0 Å². The van der Waals surface area contributed by atoms with Gasteiger partial charge in [0.1, 0.15) is 6.61 Å². The Morgan fingerprint density at radius 2 is 1.39 bits per heavy atom. The van der Waals surface area contributed by atoms with E-state index in [1.165, 1.54) is 76.3 Å². The summed E-state index contributed by atoms with van der Waals surface area (Å²) >= 11 is 0. The molecule has 0 unspecified atom stereocenters. The predicted octanol–water partition coefficient (Wildman–Crippen LogP) is 8.88. The lowest BCUT2D eigenvalue weighted by atomic mass is 9.69. The molecule has 0 amide bonds. The van der Waals surface area contributed by atoms with Crippen LogP contribution >= 0.6 is 0 Å². The highest BCUT2D eigenvalue weighted by molar-refractivity contribution is 5.35. The maximum absolute atomic E-state index is 14.3. The number of unbranched alkanes of at least 4 members (excludes halogenated alkanes) is 2. The van der Waals surface area contributed by atoms with Crippen molar-refractivity contribution >= 4 is 0 Å². The van der Waals surface area contributed by atoms with E-state index in [0.29, 0.717) is 12.5 Å². The first-order chi connectivity index (χ1) is 16.1. The standard InChI is InChI=1S/C29H44F2O2/c1-3-5-6-20-32-26-18-19-27(29(31)28(26)30)33-21-7-9-23-12-16-25(17-13-23)24-14-10-22(8-4-2)11-15-24/h7,9,18-19,22-25H,3-6,8,10-17,20-21H2,1-2H3/b9-7+. The zero-order valence-corrected chi connectivity index (χ0v) is 20.8. The van der Waals surface area contributed by atoms with Crippen LogP contribution < -0.4 is 9.47 Å². The second-order valence-electron chi connectivity index (χ2n) is 10.2. The van der Waals surface area contributed by atoms with E-state index in [9.17, 15) is 8.78 Å². The fourth-order valence-corrected chi connectivity index (χ4v) is 5.82. The van der Waals surface area contributed by atoms with Crippen LogP contribution in [0.3, 0.4) is 0 Å². The van der Waals surface area contributed by atoms with Crippen molar-refractivity contribution in [1.82, 2.24) is 0 Å². The molecule has 1 aromatic rings. The summed E-state index contributed by atoms with van der Waals surface area (Å²) < 4.78 is 39.4. The monoisotopic (exact) mass is 462 g/mol. The van der Waals surface area contributed by atoms with Crippen LogP contribution in [0.1, 0.15) is 97.3 Å². The number of ether oxygens (including phenoxy) is 2. The molecule has 0 spiro atoms. The van der Waals surface area contributed by atoms with E-state index in [1.54, 1.807) is 0 Å². The quantitative estimate of drug-likeness (QED) is 0.228. The molecule has 0 aliphatic heterocycles. The number of benzene rings is 1. The molecular weight excluding hydrogens is 418 g/mol. The van der Waals surface area contributed by atoms with Crippen molar-refractivity contribution in [2.45, 2.75) is 97.3 Å². The molecule has 0 atom stereocenters. The molecule has 2 aliphatic carbocycles. The summed E-state index contributed by atoms with van der Waals surface area (Å²) in [6, 6.07) is 2.92. The van der Waals surface area contributed by atoms with Crippen LogP contribution in [-0.2, 0) is 0 Å². The molecule has 3 rings (SSSR count). The molecule has 0 bridgehead atoms. The van der Waals surface area contributed by atoms with Gasteiger partial charge >= 0.3 is 0 Å². The highest BCUT2D eigenvalue weighted by Crippen LogP contribution is 2.42. The van der Waals surface area contributed by atoms with Crippen LogP contribution in [-0.4, -0.2) is 13.2 Å². The average Bonchev–Trinajstić information content (AvgIpc) is 2.84. The Hall–Kier alpha value is -1.58. The number of hydrogen-bond acceptors (Lipinski definition) is 2. The van der Waals surface area contributed by atoms with Gasteiger partial charge in [-0.1, -0.05) is 64.5 Å². The molecule has 0 aromatic heterocycles. The SMILES string of the molecule is CCCCCOc1ccc(OC/C=C/C2CCC(C3CCC(CCC)CC3)CC2)c(F)c1F. The minimum atomic E-state index is -0.967. The van der Waals surface area contributed by atoms with Gasteiger partial charge in [-0.3, -0.25) is 0 Å². The molecule has 33 heavy (non-hydrogen) atoms. The van der Waals surface area contributed by atoms with E-state index in [4.69, 9.17) is 9.47 Å². The third kappa shape index (κ3) is 8.00. The van der Waals surface area contributed by atoms with Gasteiger partial charge in [0, 0.05) is 0 Å². The summed E-state index contributed by atoms with van der Waals surface area (Å²) in [5.41, 5.74) is 0. The maximum Gasteiger partial charge on any atom is 0.204 e. The van der Waals surface area contributed by atoms with Crippen LogP contribution in [0.5, 0.6) is 11.5 Å². The number of rotatable bonds is 12. The van der Waals surface area contributed by atoms with Crippen molar-refractivity contribution < 1.29 is 18.3 Å². The van der Waals surface area contributed by atoms with Crippen molar-refractivity contribution in [3.05, 3.63) is 35.9 Å². The van der Waals surface area contributed by atoms with Gasteiger partial charge < -0.3 is 9.47 Å². The van der Waals surface area contributed by atoms with Gasteiger partial charge in [0.2, 0.25) is 11.6 Å². The fraction of sp³-hybridized carbons (Fsp3) is 0.724. The molecule has 1 aromatic carbocycles. The van der Waals surface area contributed by atoms with Crippen molar-refractivity contribution in [3.63, 3.8) is 0 Å². The Morgan fingerprint density at radius 1 is 0.788 bits per heavy atom. The van der Waals surface area contributed by atoms with E-state index >= 15 is 0 Å². The second-order valence-corrected chi connectivity index (χ2v) is 10.2. The lowest BCUT2D eigenvalue weighted by Crippen LogP contribution is -2.25. The van der Waals surface area contributed by atoms with Crippen molar-refractivity contribution in [3.8, 4) is 11.5 Å². The summed E-state index contributed by atoms with van der Waals surface area (Å²) in [4.78, 5) is 0. The minimum Gasteiger partial charge on any atom is -0.490 e. The third-order valence-corrected chi connectivity index (χ3v) is 7.83. The van der Waals surface area contributed by atoms with E-state index in [-0.39, 0.29) is 18.1 Å². The highest BCUT2D eigenvalue weighted by Gasteiger charge is 2.30. The van der Waals surface area contributed by atoms with Gasteiger partial charge in [-0.15, -0.1) is 0 Å². The van der Waals surface area contributed by atoms with E-state index in [2.05, 4.69) is 19.9 Å². The largest absolute Gasteiger partial charge is 0.490 e. The second kappa shape index (κ2) is 14.0. The van der Waals surface area contributed by atoms with Crippen molar-refractivity contribution in [2.24, 2.45) is 23.7 Å². The number of halogens is 2. The lowest BCUT2D eigenvalue weighted by molar-refractivity contribution is 0.152. The Labute approximate surface area is 200 Å². The molecule has 2 fully saturated rings. The topological polar surface area (TPSA) is 18.5 Å². The molecule has 186 valence electrons. The summed E-state index contributed by atoms with van der Waals surface area (Å²) in [6.45, 7) is 5.05. The van der Waals surface area contributed by atoms with Gasteiger partial charge in [-0.25, -0.2) is 0 Å². The van der Waals surface area contributed by atoms with E-state index < -0.39 is 11.6 Å². The van der Waals surface area contributed by atoms with Crippen LogP contribution in [0, 0.1) is 35.3 Å². The first-order valence-electron chi connectivity index (χ1n) is 13.5. The summed E-state index contributed by atoms with van der Waals surface area (Å²) in [5, 5.41) is 0. The van der Waals surface area contributed by atoms with E-state index in [0.717, 1.165) is 37.0 Å². The summed E-state index contributed by atoms with van der Waals surface area (Å²) in [5.74, 6) is 1.40. The zero-order valence-electron chi connectivity index (χ0n) is 20.8. The van der Waals surface area contributed by atoms with Gasteiger partial charge in [0.15, 0.2) is 11.5 Å². The molecule has 2 aliphatic rings. The van der Waals surface area contributed by atoms with E-state index in [1.807, 2.05) is 6.08 Å². The fourth-order valence-electron chi connectivity index (χ4n) is 5.82. The molecule has 4 heteroatoms. The molecular formula is C29H44F2O2. The van der Waals surface area contributed by atoms with Gasteiger partial charge in [0.25, 0.3) is 0 Å². The molecule has 2 nitrogen and oxygen atoms in total. The van der Waals surface area contributed by atoms with Gasteiger partial charge in [-0.2, -0.15) is 8.78 Å². The maximum atomic E-state index is 14.3. The zero-order chi connectivity index (χ0) is 23.5. The summed E-state index contributed by atoms with van der Waals surface area (Å²) in [7, 11) is 0. The molecule has 0 heterocycles. The first kappa shape index (κ1) is 26.0. The summed E-state index contributed by atoms with van der Waals surface area (Å²) in [6.07, 6.45) is 20.7. The molecule has 0 radical (unpaired) electrons. The van der Waals surface area contributed by atoms with Crippen molar-refractivity contribution in [2.75, 3.05) is 13.2 Å². The van der Waals surface area contributed by atoms with Gasteiger partial charge in [-0.05, 0) is 80.8 Å². The Kier molecular flexibility index (Phi) is 11.0.